The second-order valence-corrected chi connectivity index (χ2v) is 6.36. The van der Waals surface area contributed by atoms with Gasteiger partial charge in [-0.3, -0.25) is 0 Å². The number of unbranched alkanes of at least 4 members (excludes halogenated alkanes) is 1. The first-order valence-corrected chi connectivity index (χ1v) is 7.39. The average Bonchev–Trinajstić information content (AvgIpc) is 2.26. The van der Waals surface area contributed by atoms with Crippen LogP contribution >= 0.6 is 12.4 Å². The van der Waals surface area contributed by atoms with Crippen molar-refractivity contribution in [3.63, 3.8) is 0 Å². The van der Waals surface area contributed by atoms with E-state index in [-0.39, 0.29) is 12.4 Å². The smallest absolute Gasteiger partial charge is 0.214 e. The van der Waals surface area contributed by atoms with Crippen LogP contribution in [0.1, 0.15) is 32.6 Å². The summed E-state index contributed by atoms with van der Waals surface area (Å²) in [4.78, 5) is 0. The molecule has 0 amide bonds. The van der Waals surface area contributed by atoms with E-state index < -0.39 is 10.0 Å². The maximum Gasteiger partial charge on any atom is 0.214 e. The minimum absolute atomic E-state index is 0. The second-order valence-electron chi connectivity index (χ2n) is 4.27. The van der Waals surface area contributed by atoms with Crippen molar-refractivity contribution in [2.45, 2.75) is 32.6 Å². The van der Waals surface area contributed by atoms with E-state index in [9.17, 15) is 8.42 Å². The number of rotatable bonds is 5. The van der Waals surface area contributed by atoms with Gasteiger partial charge < -0.3 is 5.73 Å². The highest BCUT2D eigenvalue weighted by molar-refractivity contribution is 7.89. The molecule has 98 valence electrons. The lowest BCUT2D eigenvalue weighted by Crippen LogP contribution is -2.42. The Kier molecular flexibility index (Phi) is 7.55. The van der Waals surface area contributed by atoms with Gasteiger partial charge in [0.2, 0.25) is 10.0 Å². The van der Waals surface area contributed by atoms with Gasteiger partial charge in [0.05, 0.1) is 5.75 Å². The van der Waals surface area contributed by atoms with Crippen molar-refractivity contribution >= 4 is 22.4 Å². The summed E-state index contributed by atoms with van der Waals surface area (Å²) in [6, 6.07) is 0. The molecule has 1 aliphatic heterocycles. The Hall–Kier alpha value is 0.160. The van der Waals surface area contributed by atoms with Crippen LogP contribution in [-0.4, -0.2) is 38.1 Å². The van der Waals surface area contributed by atoms with E-state index in [1.165, 1.54) is 0 Å². The zero-order valence-electron chi connectivity index (χ0n) is 9.89. The molecule has 0 aromatic rings. The predicted molar refractivity (Wildman–Crippen MR) is 69.3 cm³/mol. The maximum atomic E-state index is 11.9. The Morgan fingerprint density at radius 3 is 2.69 bits per heavy atom. The Morgan fingerprint density at radius 1 is 1.44 bits per heavy atom. The summed E-state index contributed by atoms with van der Waals surface area (Å²) in [5.74, 6) is 0.649. The predicted octanol–water partition coefficient (Wildman–Crippen LogP) is 1.21. The zero-order valence-corrected chi connectivity index (χ0v) is 11.5. The summed E-state index contributed by atoms with van der Waals surface area (Å²) in [6.45, 7) is 3.92. The third-order valence-corrected chi connectivity index (χ3v) is 4.89. The summed E-state index contributed by atoms with van der Waals surface area (Å²) in [5, 5.41) is 0. The van der Waals surface area contributed by atoms with Crippen LogP contribution in [0.4, 0.5) is 0 Å². The summed E-state index contributed by atoms with van der Waals surface area (Å²) < 4.78 is 25.4. The van der Waals surface area contributed by atoms with E-state index in [0.717, 1.165) is 25.7 Å². The van der Waals surface area contributed by atoms with Crippen molar-refractivity contribution in [2.75, 3.05) is 25.4 Å². The van der Waals surface area contributed by atoms with Crippen LogP contribution in [0.25, 0.3) is 0 Å². The van der Waals surface area contributed by atoms with Gasteiger partial charge in [0.1, 0.15) is 0 Å². The van der Waals surface area contributed by atoms with Crippen LogP contribution in [0.15, 0.2) is 0 Å². The first-order valence-electron chi connectivity index (χ1n) is 5.78. The molecule has 16 heavy (non-hydrogen) atoms. The molecule has 1 fully saturated rings. The molecule has 0 saturated carbocycles. The summed E-state index contributed by atoms with van der Waals surface area (Å²) in [7, 11) is -3.01. The van der Waals surface area contributed by atoms with Gasteiger partial charge >= 0.3 is 0 Å². The zero-order chi connectivity index (χ0) is 11.3. The van der Waals surface area contributed by atoms with Crippen molar-refractivity contribution in [3.05, 3.63) is 0 Å². The normalized spacial score (nSPS) is 22.8. The van der Waals surface area contributed by atoms with E-state index in [0.29, 0.717) is 31.3 Å². The molecular weight excluding hydrogens is 248 g/mol. The highest BCUT2D eigenvalue weighted by Gasteiger charge is 2.27. The molecule has 4 nitrogen and oxygen atoms in total. The third kappa shape index (κ3) is 4.57. The third-order valence-electron chi connectivity index (χ3n) is 2.96. The van der Waals surface area contributed by atoms with Gasteiger partial charge in [-0.15, -0.1) is 12.4 Å². The Morgan fingerprint density at radius 2 is 2.12 bits per heavy atom. The van der Waals surface area contributed by atoms with Gasteiger partial charge in [0.15, 0.2) is 0 Å². The van der Waals surface area contributed by atoms with Gasteiger partial charge in [-0.1, -0.05) is 13.3 Å². The Balaban J connectivity index is 0.00000225. The minimum Gasteiger partial charge on any atom is -0.330 e. The maximum absolute atomic E-state index is 11.9. The molecule has 0 aliphatic carbocycles. The molecule has 0 aromatic carbocycles. The number of hydrogen-bond donors (Lipinski definition) is 1. The van der Waals surface area contributed by atoms with Crippen LogP contribution < -0.4 is 5.73 Å². The van der Waals surface area contributed by atoms with Crippen LogP contribution in [0.5, 0.6) is 0 Å². The molecule has 0 aromatic heterocycles. The molecule has 2 N–H and O–H groups in total. The highest BCUT2D eigenvalue weighted by atomic mass is 35.5. The van der Waals surface area contributed by atoms with Gasteiger partial charge in [-0.2, -0.15) is 0 Å². The van der Waals surface area contributed by atoms with Gasteiger partial charge in [-0.25, -0.2) is 12.7 Å². The minimum atomic E-state index is -3.01. The van der Waals surface area contributed by atoms with E-state index >= 15 is 0 Å². The van der Waals surface area contributed by atoms with Crippen LogP contribution in [0.3, 0.4) is 0 Å². The molecule has 1 saturated heterocycles. The molecule has 1 unspecified atom stereocenters. The molecule has 1 heterocycles. The van der Waals surface area contributed by atoms with Crippen LogP contribution in [-0.2, 0) is 10.0 Å². The molecule has 0 radical (unpaired) electrons. The van der Waals surface area contributed by atoms with Gasteiger partial charge in [-0.05, 0) is 31.7 Å². The molecule has 1 atom stereocenters. The summed E-state index contributed by atoms with van der Waals surface area (Å²) >= 11 is 0. The number of piperidine rings is 1. The van der Waals surface area contributed by atoms with Gasteiger partial charge in [0.25, 0.3) is 0 Å². The average molecular weight is 271 g/mol. The molecule has 1 rings (SSSR count). The fourth-order valence-electron chi connectivity index (χ4n) is 1.93. The van der Waals surface area contributed by atoms with Crippen LogP contribution in [0.2, 0.25) is 0 Å². The number of sulfonamides is 1. The number of nitrogens with zero attached hydrogens (tertiary/aromatic N) is 1. The van der Waals surface area contributed by atoms with E-state index in [1.54, 1.807) is 4.31 Å². The number of hydrogen-bond acceptors (Lipinski definition) is 3. The van der Waals surface area contributed by atoms with Crippen LogP contribution in [0, 0.1) is 5.92 Å². The quantitative estimate of drug-likeness (QED) is 0.817. The van der Waals surface area contributed by atoms with E-state index in [1.807, 2.05) is 6.92 Å². The number of nitrogens with two attached hydrogens (primary N) is 1. The van der Waals surface area contributed by atoms with Crippen molar-refractivity contribution in [2.24, 2.45) is 11.7 Å². The van der Waals surface area contributed by atoms with Crippen molar-refractivity contribution in [1.29, 1.82) is 0 Å². The monoisotopic (exact) mass is 270 g/mol. The highest BCUT2D eigenvalue weighted by Crippen LogP contribution is 2.18. The summed E-state index contributed by atoms with van der Waals surface area (Å²) in [6.07, 6.45) is 3.70. The van der Waals surface area contributed by atoms with Gasteiger partial charge in [0, 0.05) is 13.1 Å². The first kappa shape index (κ1) is 16.2. The summed E-state index contributed by atoms with van der Waals surface area (Å²) in [5.41, 5.74) is 5.59. The lowest BCUT2D eigenvalue weighted by molar-refractivity contribution is 0.271. The molecule has 0 bridgehead atoms. The fraction of sp³-hybridized carbons (Fsp3) is 1.00. The number of halogens is 1. The first-order chi connectivity index (χ1) is 7.10. The topological polar surface area (TPSA) is 63.4 Å². The van der Waals surface area contributed by atoms with Crippen molar-refractivity contribution in [3.8, 4) is 0 Å². The Bertz CT molecular complexity index is 283. The van der Waals surface area contributed by atoms with E-state index in [2.05, 4.69) is 0 Å². The molecule has 6 heteroatoms. The molecule has 0 spiro atoms. The molecule has 1 aliphatic rings. The fourth-order valence-corrected chi connectivity index (χ4v) is 3.68. The van der Waals surface area contributed by atoms with Crippen molar-refractivity contribution < 1.29 is 8.42 Å². The Labute approximate surface area is 105 Å². The second kappa shape index (κ2) is 7.48. The largest absolute Gasteiger partial charge is 0.330 e. The van der Waals surface area contributed by atoms with Crippen molar-refractivity contribution in [1.82, 2.24) is 4.31 Å². The standard InChI is InChI=1S/C10H22N2O2S.ClH/c1-2-3-7-15(13,14)12-6-4-5-10(8-11)9-12;/h10H,2-9,11H2,1H3;1H. The van der Waals surface area contributed by atoms with E-state index in [4.69, 9.17) is 5.73 Å². The SMILES string of the molecule is CCCCS(=O)(=O)N1CCCC(CN)C1.Cl. The lowest BCUT2D eigenvalue weighted by Gasteiger charge is -2.31. The lowest BCUT2D eigenvalue weighted by atomic mass is 10.0. The molecular formula is C10H23ClN2O2S.